The first-order valence-corrected chi connectivity index (χ1v) is 7.30. The van der Waals surface area contributed by atoms with Crippen molar-refractivity contribution in [1.82, 2.24) is 4.90 Å². The van der Waals surface area contributed by atoms with Gasteiger partial charge in [0.05, 0.1) is 18.8 Å². The Morgan fingerprint density at radius 1 is 1.52 bits per heavy atom. The maximum atomic E-state index is 12.3. The van der Waals surface area contributed by atoms with Crippen molar-refractivity contribution < 1.29 is 18.7 Å². The second kappa shape index (κ2) is 7.11. The summed E-state index contributed by atoms with van der Waals surface area (Å²) >= 11 is 0. The van der Waals surface area contributed by atoms with E-state index in [0.717, 1.165) is 12.8 Å². The van der Waals surface area contributed by atoms with Gasteiger partial charge >= 0.3 is 5.97 Å². The highest BCUT2D eigenvalue weighted by molar-refractivity contribution is 5.92. The number of hydrogen-bond donors (Lipinski definition) is 0. The molecule has 1 aromatic heterocycles. The van der Waals surface area contributed by atoms with Crippen LogP contribution >= 0.6 is 0 Å². The Hall–Kier alpha value is -2.04. The number of hydrogen-bond acceptors (Lipinski definition) is 4. The van der Waals surface area contributed by atoms with Crippen molar-refractivity contribution in [1.29, 1.82) is 0 Å². The maximum Gasteiger partial charge on any atom is 0.310 e. The van der Waals surface area contributed by atoms with Crippen LogP contribution in [-0.2, 0) is 14.3 Å². The Bertz CT molecular complexity index is 502. The number of amides is 1. The molecule has 5 nitrogen and oxygen atoms in total. The van der Waals surface area contributed by atoms with Crippen LogP contribution in [0.5, 0.6) is 0 Å². The van der Waals surface area contributed by atoms with Gasteiger partial charge in [-0.1, -0.05) is 6.92 Å². The average Bonchev–Trinajstić information content (AvgIpc) is 3.17. The lowest BCUT2D eigenvalue weighted by molar-refractivity contribution is -0.148. The highest BCUT2D eigenvalue weighted by Crippen LogP contribution is 2.28. The molecule has 5 heteroatoms. The van der Waals surface area contributed by atoms with Gasteiger partial charge in [-0.3, -0.25) is 9.59 Å². The fourth-order valence-corrected chi connectivity index (χ4v) is 2.09. The van der Waals surface area contributed by atoms with Gasteiger partial charge < -0.3 is 14.1 Å². The fraction of sp³-hybridized carbons (Fsp3) is 0.500. The van der Waals surface area contributed by atoms with Crippen LogP contribution in [0.4, 0.5) is 0 Å². The SMILES string of the molecule is CCOC(=O)C(C)CN(C(=O)/C=C/c1ccco1)C1CC1. The lowest BCUT2D eigenvalue weighted by Crippen LogP contribution is -2.38. The van der Waals surface area contributed by atoms with E-state index in [1.54, 1.807) is 43.2 Å². The summed E-state index contributed by atoms with van der Waals surface area (Å²) in [7, 11) is 0. The molecule has 1 saturated carbocycles. The minimum atomic E-state index is -0.313. The van der Waals surface area contributed by atoms with Crippen LogP contribution in [0.2, 0.25) is 0 Å². The van der Waals surface area contributed by atoms with Crippen molar-refractivity contribution in [2.45, 2.75) is 32.7 Å². The highest BCUT2D eigenvalue weighted by atomic mass is 16.5. The zero-order valence-electron chi connectivity index (χ0n) is 12.5. The Morgan fingerprint density at radius 3 is 2.86 bits per heavy atom. The molecule has 1 heterocycles. The standard InChI is InChI=1S/C16H21NO4/c1-3-20-16(19)12(2)11-17(13-6-7-13)15(18)9-8-14-5-4-10-21-14/h4-5,8-10,12-13H,3,6-7,11H2,1-2H3/b9-8+. The van der Waals surface area contributed by atoms with E-state index in [1.165, 1.54) is 6.08 Å². The minimum absolute atomic E-state index is 0.0925. The third-order valence-corrected chi connectivity index (χ3v) is 3.36. The molecular formula is C16H21NO4. The van der Waals surface area contributed by atoms with E-state index >= 15 is 0 Å². The molecule has 0 saturated heterocycles. The summed E-state index contributed by atoms with van der Waals surface area (Å²) in [6.45, 7) is 4.32. The van der Waals surface area contributed by atoms with Crippen molar-refractivity contribution in [2.24, 2.45) is 5.92 Å². The lowest BCUT2D eigenvalue weighted by Gasteiger charge is -2.23. The highest BCUT2D eigenvalue weighted by Gasteiger charge is 2.33. The van der Waals surface area contributed by atoms with Crippen molar-refractivity contribution in [3.63, 3.8) is 0 Å². The Labute approximate surface area is 124 Å². The molecule has 1 aliphatic carbocycles. The third-order valence-electron chi connectivity index (χ3n) is 3.36. The zero-order chi connectivity index (χ0) is 15.2. The van der Waals surface area contributed by atoms with Crippen molar-refractivity contribution in [3.8, 4) is 0 Å². The van der Waals surface area contributed by atoms with Gasteiger partial charge in [-0.05, 0) is 38.0 Å². The van der Waals surface area contributed by atoms with E-state index < -0.39 is 0 Å². The second-order valence-corrected chi connectivity index (χ2v) is 5.22. The molecule has 1 fully saturated rings. The number of ether oxygens (including phenoxy) is 1. The van der Waals surface area contributed by atoms with Crippen LogP contribution in [0.25, 0.3) is 6.08 Å². The van der Waals surface area contributed by atoms with Crippen LogP contribution in [0.1, 0.15) is 32.4 Å². The van der Waals surface area contributed by atoms with E-state index in [1.807, 2.05) is 0 Å². The normalized spacial score (nSPS) is 15.9. The van der Waals surface area contributed by atoms with Crippen LogP contribution in [-0.4, -0.2) is 36.0 Å². The van der Waals surface area contributed by atoms with Crippen molar-refractivity contribution >= 4 is 18.0 Å². The summed E-state index contributed by atoms with van der Waals surface area (Å²) in [5.74, 6) is -0.0277. The molecule has 0 aliphatic heterocycles. The number of furan rings is 1. The van der Waals surface area contributed by atoms with Gasteiger partial charge in [0.2, 0.25) is 5.91 Å². The van der Waals surface area contributed by atoms with E-state index in [0.29, 0.717) is 18.9 Å². The number of esters is 1. The van der Waals surface area contributed by atoms with Gasteiger partial charge in [-0.25, -0.2) is 0 Å². The molecule has 2 rings (SSSR count). The molecule has 0 radical (unpaired) electrons. The molecule has 1 aliphatic rings. The molecule has 1 unspecified atom stereocenters. The average molecular weight is 291 g/mol. The number of carbonyl (C=O) groups is 2. The van der Waals surface area contributed by atoms with Gasteiger partial charge in [-0.15, -0.1) is 0 Å². The van der Waals surface area contributed by atoms with E-state index in [9.17, 15) is 9.59 Å². The van der Waals surface area contributed by atoms with Gasteiger partial charge in [0.25, 0.3) is 0 Å². The topological polar surface area (TPSA) is 59.8 Å². The second-order valence-electron chi connectivity index (χ2n) is 5.22. The van der Waals surface area contributed by atoms with Crippen LogP contribution in [0.15, 0.2) is 28.9 Å². The van der Waals surface area contributed by atoms with Gasteiger partial charge in [0, 0.05) is 18.7 Å². The largest absolute Gasteiger partial charge is 0.466 e. The minimum Gasteiger partial charge on any atom is -0.466 e. The first kappa shape index (κ1) is 15.4. The monoisotopic (exact) mass is 291 g/mol. The summed E-state index contributed by atoms with van der Waals surface area (Å²) in [5, 5.41) is 0. The molecule has 1 atom stereocenters. The molecule has 0 N–H and O–H groups in total. The predicted molar refractivity (Wildman–Crippen MR) is 78.3 cm³/mol. The molecular weight excluding hydrogens is 270 g/mol. The quantitative estimate of drug-likeness (QED) is 0.572. The molecule has 0 bridgehead atoms. The van der Waals surface area contributed by atoms with Gasteiger partial charge in [0.15, 0.2) is 0 Å². The van der Waals surface area contributed by atoms with E-state index in [2.05, 4.69) is 0 Å². The maximum absolute atomic E-state index is 12.3. The fourth-order valence-electron chi connectivity index (χ4n) is 2.09. The molecule has 21 heavy (non-hydrogen) atoms. The first-order chi connectivity index (χ1) is 10.1. The third kappa shape index (κ3) is 4.48. The summed E-state index contributed by atoms with van der Waals surface area (Å²) in [4.78, 5) is 25.7. The van der Waals surface area contributed by atoms with Crippen molar-refractivity contribution in [2.75, 3.05) is 13.2 Å². The Kier molecular flexibility index (Phi) is 5.20. The Balaban J connectivity index is 1.95. The number of rotatable bonds is 7. The van der Waals surface area contributed by atoms with E-state index in [-0.39, 0.29) is 23.8 Å². The molecule has 0 spiro atoms. The lowest BCUT2D eigenvalue weighted by atomic mass is 10.1. The molecule has 0 aromatic carbocycles. The zero-order valence-corrected chi connectivity index (χ0v) is 12.5. The van der Waals surface area contributed by atoms with Crippen LogP contribution in [0.3, 0.4) is 0 Å². The first-order valence-electron chi connectivity index (χ1n) is 7.30. The van der Waals surface area contributed by atoms with E-state index in [4.69, 9.17) is 9.15 Å². The molecule has 1 amide bonds. The summed E-state index contributed by atoms with van der Waals surface area (Å²) < 4.78 is 10.2. The molecule has 1 aromatic rings. The summed E-state index contributed by atoms with van der Waals surface area (Å²) in [6, 6.07) is 3.80. The molecule has 114 valence electrons. The van der Waals surface area contributed by atoms with Crippen LogP contribution in [0, 0.1) is 5.92 Å². The summed E-state index contributed by atoms with van der Waals surface area (Å²) in [6.07, 6.45) is 6.69. The van der Waals surface area contributed by atoms with Gasteiger partial charge in [0.1, 0.15) is 5.76 Å². The summed E-state index contributed by atoms with van der Waals surface area (Å²) in [5.41, 5.74) is 0. The number of nitrogens with zero attached hydrogens (tertiary/aromatic N) is 1. The van der Waals surface area contributed by atoms with Crippen LogP contribution < -0.4 is 0 Å². The predicted octanol–water partition coefficient (Wildman–Crippen LogP) is 2.48. The Morgan fingerprint density at radius 2 is 2.29 bits per heavy atom. The smallest absolute Gasteiger partial charge is 0.310 e. The van der Waals surface area contributed by atoms with Gasteiger partial charge in [-0.2, -0.15) is 0 Å². The number of carbonyl (C=O) groups excluding carboxylic acids is 2. The van der Waals surface area contributed by atoms with Crippen molar-refractivity contribution in [3.05, 3.63) is 30.2 Å².